The molecule has 0 spiro atoms. The van der Waals surface area contributed by atoms with E-state index in [2.05, 4.69) is 33.0 Å². The molecule has 0 saturated heterocycles. The van der Waals surface area contributed by atoms with E-state index in [9.17, 15) is 9.59 Å². The van der Waals surface area contributed by atoms with Gasteiger partial charge in [-0.15, -0.1) is 0 Å². The summed E-state index contributed by atoms with van der Waals surface area (Å²) in [6.45, 7) is 1.81. The third-order valence-electron chi connectivity index (χ3n) is 3.27. The Morgan fingerprint density at radius 3 is 2.59 bits per heavy atom. The summed E-state index contributed by atoms with van der Waals surface area (Å²) in [6.07, 6.45) is 0. The Labute approximate surface area is 142 Å². The Morgan fingerprint density at radius 1 is 1.32 bits per heavy atom. The number of aryl methyl sites for hydroxylation is 1. The molecule has 2 rings (SSSR count). The predicted molar refractivity (Wildman–Crippen MR) is 93.1 cm³/mol. The molecule has 22 heavy (non-hydrogen) atoms. The summed E-state index contributed by atoms with van der Waals surface area (Å²) in [4.78, 5) is 26.0. The minimum absolute atomic E-state index is 0.240. The first-order chi connectivity index (χ1) is 10.3. The molecule has 0 aliphatic heterocycles. The number of halogens is 1. The van der Waals surface area contributed by atoms with Crippen LogP contribution >= 0.6 is 22.6 Å². The van der Waals surface area contributed by atoms with Crippen LogP contribution in [0, 0.1) is 10.5 Å². The highest BCUT2D eigenvalue weighted by molar-refractivity contribution is 14.1. The Hall–Kier alpha value is -1.90. The van der Waals surface area contributed by atoms with Gasteiger partial charge in [-0.05, 0) is 47.7 Å². The van der Waals surface area contributed by atoms with Gasteiger partial charge in [0.2, 0.25) is 0 Å². The van der Waals surface area contributed by atoms with Crippen molar-refractivity contribution in [3.8, 4) is 0 Å². The number of rotatable bonds is 3. The van der Waals surface area contributed by atoms with Crippen molar-refractivity contribution >= 4 is 40.1 Å². The third-order valence-corrected chi connectivity index (χ3v) is 3.94. The van der Waals surface area contributed by atoms with E-state index >= 15 is 0 Å². The van der Waals surface area contributed by atoms with Gasteiger partial charge in [0.05, 0.1) is 11.4 Å². The predicted octanol–water partition coefficient (Wildman–Crippen LogP) is 2.29. The second kappa shape index (κ2) is 6.47. The lowest BCUT2D eigenvalue weighted by atomic mass is 10.2. The van der Waals surface area contributed by atoms with Gasteiger partial charge >= 0.3 is 0 Å². The van der Waals surface area contributed by atoms with Crippen LogP contribution in [0.1, 0.15) is 26.5 Å². The number of hydrogen-bond acceptors (Lipinski definition) is 3. The van der Waals surface area contributed by atoms with Crippen LogP contribution < -0.4 is 5.32 Å². The SMILES string of the molecule is Cc1c(NC(=O)c2cccc(I)c2)c(C(=O)N(C)C)nn1C. The molecule has 116 valence electrons. The molecular formula is C15H17IN4O2. The van der Waals surface area contributed by atoms with E-state index in [1.165, 1.54) is 4.90 Å². The van der Waals surface area contributed by atoms with E-state index in [0.717, 1.165) is 9.26 Å². The van der Waals surface area contributed by atoms with Gasteiger partial charge in [-0.1, -0.05) is 6.07 Å². The Kier molecular flexibility index (Phi) is 4.84. The standard InChI is InChI=1S/C15H17IN4O2/c1-9-12(13(18-20(9)4)15(22)19(2)3)17-14(21)10-6-5-7-11(16)8-10/h5-8H,1-4H3,(H,17,21). The summed E-state index contributed by atoms with van der Waals surface area (Å²) in [5.41, 5.74) is 1.96. The van der Waals surface area contributed by atoms with Crippen molar-refractivity contribution in [1.82, 2.24) is 14.7 Å². The fraction of sp³-hybridized carbons (Fsp3) is 0.267. The smallest absolute Gasteiger partial charge is 0.276 e. The molecule has 1 N–H and O–H groups in total. The lowest BCUT2D eigenvalue weighted by Gasteiger charge is -2.11. The zero-order valence-corrected chi connectivity index (χ0v) is 15.0. The van der Waals surface area contributed by atoms with E-state index in [1.807, 2.05) is 19.1 Å². The van der Waals surface area contributed by atoms with E-state index < -0.39 is 0 Å². The molecule has 0 unspecified atom stereocenters. The van der Waals surface area contributed by atoms with Crippen LogP contribution in [0.5, 0.6) is 0 Å². The van der Waals surface area contributed by atoms with Crippen molar-refractivity contribution in [2.24, 2.45) is 7.05 Å². The molecular weight excluding hydrogens is 395 g/mol. The second-order valence-corrected chi connectivity index (χ2v) is 6.34. The van der Waals surface area contributed by atoms with Gasteiger partial charge in [-0.3, -0.25) is 14.3 Å². The lowest BCUT2D eigenvalue weighted by molar-refractivity contribution is 0.0822. The van der Waals surface area contributed by atoms with Crippen molar-refractivity contribution in [2.75, 3.05) is 19.4 Å². The van der Waals surface area contributed by atoms with Gasteiger partial charge in [0.25, 0.3) is 11.8 Å². The maximum Gasteiger partial charge on any atom is 0.276 e. The Morgan fingerprint density at radius 2 is 2.00 bits per heavy atom. The highest BCUT2D eigenvalue weighted by Gasteiger charge is 2.23. The van der Waals surface area contributed by atoms with E-state index in [1.54, 1.807) is 38.0 Å². The highest BCUT2D eigenvalue weighted by atomic mass is 127. The van der Waals surface area contributed by atoms with Crippen molar-refractivity contribution < 1.29 is 9.59 Å². The summed E-state index contributed by atoms with van der Waals surface area (Å²) in [5.74, 6) is -0.510. The van der Waals surface area contributed by atoms with Gasteiger partial charge in [-0.25, -0.2) is 0 Å². The van der Waals surface area contributed by atoms with E-state index in [-0.39, 0.29) is 17.5 Å². The number of carbonyl (C=O) groups is 2. The van der Waals surface area contributed by atoms with Crippen molar-refractivity contribution in [2.45, 2.75) is 6.92 Å². The molecule has 0 aliphatic carbocycles. The summed E-state index contributed by atoms with van der Waals surface area (Å²) in [5, 5.41) is 7.01. The minimum Gasteiger partial charge on any atom is -0.343 e. The molecule has 2 amide bonds. The molecule has 1 heterocycles. The lowest BCUT2D eigenvalue weighted by Crippen LogP contribution is -2.24. The van der Waals surface area contributed by atoms with E-state index in [0.29, 0.717) is 11.3 Å². The fourth-order valence-electron chi connectivity index (χ4n) is 1.93. The molecule has 1 aromatic carbocycles. The minimum atomic E-state index is -0.262. The first-order valence-electron chi connectivity index (χ1n) is 6.63. The van der Waals surface area contributed by atoms with Crippen LogP contribution in [0.3, 0.4) is 0 Å². The summed E-state index contributed by atoms with van der Waals surface area (Å²) >= 11 is 2.15. The number of hydrogen-bond donors (Lipinski definition) is 1. The maximum atomic E-state index is 12.4. The average molecular weight is 412 g/mol. The molecule has 0 saturated carbocycles. The monoisotopic (exact) mass is 412 g/mol. The highest BCUT2D eigenvalue weighted by Crippen LogP contribution is 2.22. The summed E-state index contributed by atoms with van der Waals surface area (Å²) in [6, 6.07) is 7.25. The Balaban J connectivity index is 2.37. The van der Waals surface area contributed by atoms with Crippen LogP contribution in [0.25, 0.3) is 0 Å². The molecule has 0 fully saturated rings. The number of amides is 2. The number of carbonyl (C=O) groups excluding carboxylic acids is 2. The second-order valence-electron chi connectivity index (χ2n) is 5.10. The van der Waals surface area contributed by atoms with Gasteiger partial charge in [-0.2, -0.15) is 5.10 Å². The molecule has 7 heteroatoms. The quantitative estimate of drug-likeness (QED) is 0.787. The van der Waals surface area contributed by atoms with Crippen LogP contribution in [0.4, 0.5) is 5.69 Å². The number of anilines is 1. The molecule has 0 bridgehead atoms. The summed E-state index contributed by atoms with van der Waals surface area (Å²) in [7, 11) is 5.04. The first kappa shape index (κ1) is 16.5. The number of benzene rings is 1. The van der Waals surface area contributed by atoms with Crippen molar-refractivity contribution in [1.29, 1.82) is 0 Å². The summed E-state index contributed by atoms with van der Waals surface area (Å²) < 4.78 is 2.55. The third kappa shape index (κ3) is 3.29. The van der Waals surface area contributed by atoms with Gasteiger partial charge in [0, 0.05) is 30.3 Å². The average Bonchev–Trinajstić information content (AvgIpc) is 2.74. The number of nitrogens with zero attached hydrogens (tertiary/aromatic N) is 3. The maximum absolute atomic E-state index is 12.4. The molecule has 2 aromatic rings. The molecule has 0 atom stereocenters. The van der Waals surface area contributed by atoms with E-state index in [4.69, 9.17) is 0 Å². The largest absolute Gasteiger partial charge is 0.343 e. The molecule has 1 aromatic heterocycles. The number of aromatic nitrogens is 2. The zero-order valence-electron chi connectivity index (χ0n) is 12.8. The van der Waals surface area contributed by atoms with Crippen molar-refractivity contribution in [3.05, 3.63) is 44.8 Å². The van der Waals surface area contributed by atoms with Crippen LogP contribution in [-0.4, -0.2) is 40.6 Å². The topological polar surface area (TPSA) is 67.2 Å². The van der Waals surface area contributed by atoms with Gasteiger partial charge < -0.3 is 10.2 Å². The van der Waals surface area contributed by atoms with Crippen LogP contribution in [0.15, 0.2) is 24.3 Å². The molecule has 6 nitrogen and oxygen atoms in total. The zero-order chi connectivity index (χ0) is 16.4. The number of nitrogens with one attached hydrogen (secondary N) is 1. The van der Waals surface area contributed by atoms with Crippen LogP contribution in [0.2, 0.25) is 0 Å². The van der Waals surface area contributed by atoms with Crippen LogP contribution in [-0.2, 0) is 7.05 Å². The van der Waals surface area contributed by atoms with Gasteiger partial charge in [0.15, 0.2) is 5.69 Å². The molecule has 0 radical (unpaired) electrons. The Bertz CT molecular complexity index is 737. The normalized spacial score (nSPS) is 10.4. The molecule has 0 aliphatic rings. The fourth-order valence-corrected chi connectivity index (χ4v) is 2.48. The van der Waals surface area contributed by atoms with Crippen molar-refractivity contribution in [3.63, 3.8) is 0 Å². The first-order valence-corrected chi connectivity index (χ1v) is 7.71. The van der Waals surface area contributed by atoms with Gasteiger partial charge in [0.1, 0.15) is 0 Å².